The van der Waals surface area contributed by atoms with Gasteiger partial charge < -0.3 is 15.4 Å². The number of halogens is 1. The number of rotatable bonds is 6. The SMILES string of the molecule is COCC(N)C(=O)N(C)Cc1c(C)nn(-c2ccccc2C)c1C.Cl. The maximum Gasteiger partial charge on any atom is 0.241 e. The zero-order valence-corrected chi connectivity index (χ0v) is 16.3. The number of carbonyl (C=O) groups is 1. The van der Waals surface area contributed by atoms with Crippen LogP contribution in [0.2, 0.25) is 0 Å². The zero-order chi connectivity index (χ0) is 17.9. The number of methoxy groups -OCH3 is 1. The van der Waals surface area contributed by atoms with Crippen molar-refractivity contribution < 1.29 is 9.53 Å². The Morgan fingerprint density at radius 2 is 1.96 bits per heavy atom. The summed E-state index contributed by atoms with van der Waals surface area (Å²) in [4.78, 5) is 13.9. The number of nitrogens with two attached hydrogens (primary N) is 1. The summed E-state index contributed by atoms with van der Waals surface area (Å²) < 4.78 is 6.90. The predicted molar refractivity (Wildman–Crippen MR) is 101 cm³/mol. The van der Waals surface area contributed by atoms with Crippen molar-refractivity contribution in [2.75, 3.05) is 20.8 Å². The van der Waals surface area contributed by atoms with Gasteiger partial charge in [-0.2, -0.15) is 5.10 Å². The van der Waals surface area contributed by atoms with Crippen molar-refractivity contribution in [3.8, 4) is 5.69 Å². The van der Waals surface area contributed by atoms with Gasteiger partial charge in [-0.25, -0.2) is 4.68 Å². The average Bonchev–Trinajstić information content (AvgIpc) is 2.82. The summed E-state index contributed by atoms with van der Waals surface area (Å²) in [7, 11) is 3.29. The Kier molecular flexibility index (Phi) is 7.60. The minimum absolute atomic E-state index is 0. The smallest absolute Gasteiger partial charge is 0.241 e. The van der Waals surface area contributed by atoms with Crippen LogP contribution in [0.25, 0.3) is 5.69 Å². The van der Waals surface area contributed by atoms with Gasteiger partial charge >= 0.3 is 0 Å². The van der Waals surface area contributed by atoms with E-state index < -0.39 is 6.04 Å². The first kappa shape index (κ1) is 21.2. The first-order valence-corrected chi connectivity index (χ1v) is 7.97. The Balaban J connectivity index is 0.00000312. The molecule has 0 bridgehead atoms. The number of amides is 1. The molecule has 0 fully saturated rings. The Morgan fingerprint density at radius 3 is 2.56 bits per heavy atom. The number of hydrogen-bond acceptors (Lipinski definition) is 4. The molecule has 1 atom stereocenters. The second-order valence-electron chi connectivity index (χ2n) is 6.10. The topological polar surface area (TPSA) is 73.4 Å². The molecule has 0 spiro atoms. The molecule has 25 heavy (non-hydrogen) atoms. The van der Waals surface area contributed by atoms with Crippen LogP contribution >= 0.6 is 12.4 Å². The van der Waals surface area contributed by atoms with Crippen LogP contribution in [0, 0.1) is 20.8 Å². The molecule has 138 valence electrons. The molecule has 2 N–H and O–H groups in total. The maximum atomic E-state index is 12.3. The first-order valence-electron chi connectivity index (χ1n) is 7.97. The van der Waals surface area contributed by atoms with Crippen LogP contribution in [0.3, 0.4) is 0 Å². The molecule has 6 nitrogen and oxygen atoms in total. The van der Waals surface area contributed by atoms with Crippen molar-refractivity contribution in [3.05, 3.63) is 46.8 Å². The minimum atomic E-state index is -0.646. The third-order valence-corrected chi connectivity index (χ3v) is 4.22. The van der Waals surface area contributed by atoms with Crippen molar-refractivity contribution in [3.63, 3.8) is 0 Å². The highest BCUT2D eigenvalue weighted by Crippen LogP contribution is 2.21. The summed E-state index contributed by atoms with van der Waals surface area (Å²) in [5, 5.41) is 4.66. The fourth-order valence-corrected chi connectivity index (χ4v) is 2.79. The lowest BCUT2D eigenvalue weighted by atomic mass is 10.1. The van der Waals surface area contributed by atoms with Gasteiger partial charge in [0.2, 0.25) is 5.91 Å². The highest BCUT2D eigenvalue weighted by Gasteiger charge is 2.21. The van der Waals surface area contributed by atoms with Crippen LogP contribution in [0.5, 0.6) is 0 Å². The molecule has 0 aliphatic carbocycles. The normalized spacial score (nSPS) is 11.8. The van der Waals surface area contributed by atoms with E-state index in [4.69, 9.17) is 10.5 Å². The fraction of sp³-hybridized carbons (Fsp3) is 0.444. The standard InChI is InChI=1S/C18H26N4O2.ClH/c1-12-8-6-7-9-17(12)22-14(3)15(13(2)20-22)10-21(4)18(23)16(19)11-24-5;/h6-9,16H,10-11,19H2,1-5H3;1H. The molecule has 2 rings (SSSR count). The third-order valence-electron chi connectivity index (χ3n) is 4.22. The number of benzene rings is 1. The highest BCUT2D eigenvalue weighted by molar-refractivity contribution is 5.85. The van der Waals surface area contributed by atoms with Gasteiger partial charge in [0.15, 0.2) is 0 Å². The van der Waals surface area contributed by atoms with Crippen molar-refractivity contribution in [2.24, 2.45) is 5.73 Å². The molecule has 1 amide bonds. The zero-order valence-electron chi connectivity index (χ0n) is 15.4. The van der Waals surface area contributed by atoms with Gasteiger partial charge in [-0.05, 0) is 32.4 Å². The van der Waals surface area contributed by atoms with Crippen molar-refractivity contribution >= 4 is 18.3 Å². The van der Waals surface area contributed by atoms with Crippen LogP contribution in [0.15, 0.2) is 24.3 Å². The summed E-state index contributed by atoms with van der Waals surface area (Å²) >= 11 is 0. The summed E-state index contributed by atoms with van der Waals surface area (Å²) in [6.07, 6.45) is 0. The molecular weight excluding hydrogens is 340 g/mol. The van der Waals surface area contributed by atoms with Crippen molar-refractivity contribution in [1.82, 2.24) is 14.7 Å². The summed E-state index contributed by atoms with van der Waals surface area (Å²) in [6.45, 7) is 6.73. The van der Waals surface area contributed by atoms with Crippen LogP contribution in [0.4, 0.5) is 0 Å². The fourth-order valence-electron chi connectivity index (χ4n) is 2.79. The minimum Gasteiger partial charge on any atom is -0.383 e. The average molecular weight is 367 g/mol. The quantitative estimate of drug-likeness (QED) is 0.850. The highest BCUT2D eigenvalue weighted by atomic mass is 35.5. The second-order valence-corrected chi connectivity index (χ2v) is 6.10. The number of likely N-dealkylation sites (N-methyl/N-ethyl adjacent to an activating group) is 1. The largest absolute Gasteiger partial charge is 0.383 e. The molecule has 0 aliphatic rings. The van der Waals surface area contributed by atoms with Gasteiger partial charge in [-0.15, -0.1) is 12.4 Å². The van der Waals surface area contributed by atoms with Crippen LogP contribution in [0.1, 0.15) is 22.5 Å². The van der Waals surface area contributed by atoms with E-state index in [2.05, 4.69) is 18.1 Å². The predicted octanol–water partition coefficient (Wildman–Crippen LogP) is 2.15. The summed E-state index contributed by atoms with van der Waals surface area (Å²) in [6, 6.07) is 7.46. The molecule has 0 saturated heterocycles. The van der Waals surface area contributed by atoms with E-state index in [0.29, 0.717) is 6.54 Å². The van der Waals surface area contributed by atoms with Gasteiger partial charge in [0.25, 0.3) is 0 Å². The Bertz CT molecular complexity index is 730. The van der Waals surface area contributed by atoms with E-state index in [9.17, 15) is 4.79 Å². The molecule has 2 aromatic rings. The lowest BCUT2D eigenvalue weighted by molar-refractivity contribution is -0.133. The molecule has 0 radical (unpaired) electrons. The molecular formula is C18H27ClN4O2. The summed E-state index contributed by atoms with van der Waals surface area (Å²) in [5.41, 5.74) is 11.0. The van der Waals surface area contributed by atoms with Gasteiger partial charge in [0, 0.05) is 32.0 Å². The van der Waals surface area contributed by atoms with E-state index >= 15 is 0 Å². The third kappa shape index (κ3) is 4.60. The van der Waals surface area contributed by atoms with E-state index in [1.807, 2.05) is 36.7 Å². The lowest BCUT2D eigenvalue weighted by Crippen LogP contribution is -2.44. The molecule has 1 aromatic heterocycles. The number of aryl methyl sites for hydroxylation is 2. The van der Waals surface area contributed by atoms with Gasteiger partial charge in [-0.1, -0.05) is 18.2 Å². The Hall–Kier alpha value is -1.89. The number of para-hydroxylation sites is 1. The summed E-state index contributed by atoms with van der Waals surface area (Å²) in [5.74, 6) is -0.140. The van der Waals surface area contributed by atoms with Crippen molar-refractivity contribution in [1.29, 1.82) is 0 Å². The molecule has 1 aromatic carbocycles. The molecule has 0 aliphatic heterocycles. The van der Waals surface area contributed by atoms with Crippen molar-refractivity contribution in [2.45, 2.75) is 33.4 Å². The first-order chi connectivity index (χ1) is 11.4. The van der Waals surface area contributed by atoms with E-state index in [1.54, 1.807) is 11.9 Å². The van der Waals surface area contributed by atoms with Crippen LogP contribution in [-0.4, -0.2) is 47.4 Å². The van der Waals surface area contributed by atoms with E-state index in [0.717, 1.165) is 28.2 Å². The van der Waals surface area contributed by atoms with E-state index in [1.165, 1.54) is 7.11 Å². The van der Waals surface area contributed by atoms with Gasteiger partial charge in [-0.3, -0.25) is 4.79 Å². The van der Waals surface area contributed by atoms with Crippen LogP contribution in [-0.2, 0) is 16.1 Å². The lowest BCUT2D eigenvalue weighted by Gasteiger charge is -2.21. The Labute approximate surface area is 155 Å². The van der Waals surface area contributed by atoms with Gasteiger partial charge in [0.1, 0.15) is 6.04 Å². The van der Waals surface area contributed by atoms with Crippen LogP contribution < -0.4 is 5.73 Å². The molecule has 1 heterocycles. The number of ether oxygens (including phenoxy) is 1. The molecule has 7 heteroatoms. The second kappa shape index (κ2) is 8.99. The maximum absolute atomic E-state index is 12.3. The van der Waals surface area contributed by atoms with Gasteiger partial charge in [0.05, 0.1) is 18.0 Å². The number of nitrogens with zero attached hydrogens (tertiary/aromatic N) is 3. The van der Waals surface area contributed by atoms with E-state index in [-0.39, 0.29) is 24.9 Å². The molecule has 0 saturated carbocycles. The number of hydrogen-bond donors (Lipinski definition) is 1. The molecule has 1 unspecified atom stereocenters. The monoisotopic (exact) mass is 366 g/mol. The number of carbonyl (C=O) groups excluding carboxylic acids is 1. The number of aromatic nitrogens is 2. The Morgan fingerprint density at radius 1 is 1.32 bits per heavy atom.